The number of hydrogen-bond donors (Lipinski definition) is 1. The summed E-state index contributed by atoms with van der Waals surface area (Å²) in [4.78, 5) is 29.5. The second-order valence-electron chi connectivity index (χ2n) is 8.68. The predicted molar refractivity (Wildman–Crippen MR) is 115 cm³/mol. The van der Waals surface area contributed by atoms with Gasteiger partial charge in [-0.1, -0.05) is 12.1 Å². The number of rotatable bonds is 3. The third kappa shape index (κ3) is 3.51. The summed E-state index contributed by atoms with van der Waals surface area (Å²) in [7, 11) is 0. The number of hydrogen-bond acceptors (Lipinski definition) is 4. The minimum Gasteiger partial charge on any atom is -0.486 e. The number of ketones is 1. The number of Topliss-reactive ketones (excluding diaryl/α,β-unsaturated/α-hetero) is 1. The standard InChI is InChI=1S/C25H22F2N2O3/c1-14-10-17-21(30)12-25(8-3-9-25)32-22(17)11-16(14)20-7-6-15(13-28-20)29-24(31)23-18(26)4-2-5-19(23)27/h2,4-6,10-11,13,20H,3,7-9,12H2,1H3,(H,29,31). The molecule has 0 radical (unpaired) electrons. The molecule has 1 amide bonds. The van der Waals surface area contributed by atoms with Gasteiger partial charge in [-0.3, -0.25) is 14.6 Å². The number of nitrogens with one attached hydrogen (secondary N) is 1. The number of benzene rings is 2. The van der Waals surface area contributed by atoms with Crippen molar-refractivity contribution in [2.45, 2.75) is 50.7 Å². The molecule has 2 heterocycles. The second kappa shape index (κ2) is 7.65. The lowest BCUT2D eigenvalue weighted by atomic mass is 9.74. The number of nitrogens with zero attached hydrogens (tertiary/aromatic N) is 1. The van der Waals surface area contributed by atoms with E-state index in [1.807, 2.05) is 19.1 Å². The number of carbonyl (C=O) groups is 2. The van der Waals surface area contributed by atoms with Gasteiger partial charge < -0.3 is 10.1 Å². The molecule has 1 atom stereocenters. The first-order valence-electron chi connectivity index (χ1n) is 10.7. The molecule has 1 fully saturated rings. The van der Waals surface area contributed by atoms with Gasteiger partial charge in [-0.15, -0.1) is 0 Å². The van der Waals surface area contributed by atoms with Crippen LogP contribution in [0.2, 0.25) is 0 Å². The minimum absolute atomic E-state index is 0.123. The lowest BCUT2D eigenvalue weighted by Crippen LogP contribution is -2.47. The highest BCUT2D eigenvalue weighted by Crippen LogP contribution is 2.46. The van der Waals surface area contributed by atoms with Crippen molar-refractivity contribution in [3.8, 4) is 5.75 Å². The van der Waals surface area contributed by atoms with E-state index in [1.165, 1.54) is 12.3 Å². The van der Waals surface area contributed by atoms with Crippen molar-refractivity contribution in [3.63, 3.8) is 0 Å². The average molecular weight is 436 g/mol. The summed E-state index contributed by atoms with van der Waals surface area (Å²) in [6.07, 6.45) is 7.06. The number of amides is 1. The third-order valence-corrected chi connectivity index (χ3v) is 6.50. The smallest absolute Gasteiger partial charge is 0.261 e. The van der Waals surface area contributed by atoms with Crippen molar-refractivity contribution in [1.29, 1.82) is 0 Å². The molecular formula is C25H22F2N2O3. The van der Waals surface area contributed by atoms with Gasteiger partial charge in [-0.2, -0.15) is 0 Å². The Hall–Kier alpha value is -3.35. The Morgan fingerprint density at radius 2 is 1.97 bits per heavy atom. The summed E-state index contributed by atoms with van der Waals surface area (Å²) in [5.74, 6) is -1.96. The van der Waals surface area contributed by atoms with E-state index in [1.54, 1.807) is 6.08 Å². The molecule has 32 heavy (non-hydrogen) atoms. The normalized spacial score (nSPS) is 20.8. The molecule has 1 unspecified atom stereocenters. The van der Waals surface area contributed by atoms with Crippen LogP contribution in [-0.4, -0.2) is 23.5 Å². The molecule has 2 aromatic carbocycles. The fourth-order valence-corrected chi connectivity index (χ4v) is 4.59. The van der Waals surface area contributed by atoms with E-state index in [4.69, 9.17) is 4.74 Å². The van der Waals surface area contributed by atoms with Gasteiger partial charge in [0.05, 0.1) is 23.7 Å². The van der Waals surface area contributed by atoms with Gasteiger partial charge in [0.2, 0.25) is 0 Å². The highest BCUT2D eigenvalue weighted by molar-refractivity contribution is 6.01. The number of aryl methyl sites for hydroxylation is 1. The SMILES string of the molecule is Cc1cc2c(cc1C1CC=C(NC(=O)c3c(F)cccc3F)C=N1)OC1(CCC1)CC2=O. The molecule has 2 aliphatic heterocycles. The first-order chi connectivity index (χ1) is 15.3. The fourth-order valence-electron chi connectivity index (χ4n) is 4.59. The Morgan fingerprint density at radius 3 is 2.59 bits per heavy atom. The molecule has 164 valence electrons. The monoisotopic (exact) mass is 436 g/mol. The summed E-state index contributed by atoms with van der Waals surface area (Å²) in [5.41, 5.74) is 1.93. The van der Waals surface area contributed by atoms with Crippen LogP contribution < -0.4 is 10.1 Å². The zero-order chi connectivity index (χ0) is 22.5. The Bertz CT molecular complexity index is 1180. The van der Waals surface area contributed by atoms with Crippen LogP contribution in [0.3, 0.4) is 0 Å². The topological polar surface area (TPSA) is 67.8 Å². The van der Waals surface area contributed by atoms with Gasteiger partial charge in [0.25, 0.3) is 5.91 Å². The van der Waals surface area contributed by atoms with Gasteiger partial charge in [-0.25, -0.2) is 8.78 Å². The molecule has 5 nitrogen and oxygen atoms in total. The van der Waals surface area contributed by atoms with E-state index in [0.29, 0.717) is 29.9 Å². The molecule has 1 N–H and O–H groups in total. The summed E-state index contributed by atoms with van der Waals surface area (Å²) in [6.45, 7) is 1.94. The third-order valence-electron chi connectivity index (χ3n) is 6.50. The maximum atomic E-state index is 13.8. The molecule has 1 saturated carbocycles. The van der Waals surface area contributed by atoms with Crippen LogP contribution in [0.15, 0.2) is 47.1 Å². The fraction of sp³-hybridized carbons (Fsp3) is 0.320. The van der Waals surface area contributed by atoms with Crippen LogP contribution in [0.4, 0.5) is 8.78 Å². The first kappa shape index (κ1) is 20.5. The lowest BCUT2D eigenvalue weighted by molar-refractivity contribution is -0.0178. The highest BCUT2D eigenvalue weighted by Gasteiger charge is 2.45. The zero-order valence-corrected chi connectivity index (χ0v) is 17.6. The van der Waals surface area contributed by atoms with Crippen molar-refractivity contribution < 1.29 is 23.1 Å². The van der Waals surface area contributed by atoms with Crippen LogP contribution in [-0.2, 0) is 0 Å². The molecule has 3 aliphatic rings. The zero-order valence-electron chi connectivity index (χ0n) is 17.6. The minimum atomic E-state index is -0.919. The maximum Gasteiger partial charge on any atom is 0.261 e. The van der Waals surface area contributed by atoms with E-state index in [2.05, 4.69) is 10.3 Å². The molecule has 5 rings (SSSR count). The quantitative estimate of drug-likeness (QED) is 0.737. The first-order valence-corrected chi connectivity index (χ1v) is 10.7. The molecule has 0 saturated heterocycles. The van der Waals surface area contributed by atoms with Gasteiger partial charge >= 0.3 is 0 Å². The van der Waals surface area contributed by atoms with Crippen molar-refractivity contribution in [2.75, 3.05) is 0 Å². The highest BCUT2D eigenvalue weighted by atomic mass is 19.1. The summed E-state index contributed by atoms with van der Waals surface area (Å²) >= 11 is 0. The van der Waals surface area contributed by atoms with Gasteiger partial charge in [-0.05, 0) is 68.0 Å². The van der Waals surface area contributed by atoms with Crippen LogP contribution in [0, 0.1) is 18.6 Å². The number of allylic oxidation sites excluding steroid dienone is 1. The van der Waals surface area contributed by atoms with E-state index < -0.39 is 23.1 Å². The van der Waals surface area contributed by atoms with Crippen molar-refractivity contribution in [3.05, 3.63) is 76.0 Å². The number of halogens is 2. The number of aliphatic imine (C=N–C) groups is 1. The summed E-state index contributed by atoms with van der Waals surface area (Å²) in [6, 6.07) is 6.86. The van der Waals surface area contributed by atoms with Crippen molar-refractivity contribution in [1.82, 2.24) is 5.32 Å². The molecule has 7 heteroatoms. The Balaban J connectivity index is 1.33. The van der Waals surface area contributed by atoms with Crippen LogP contribution in [0.25, 0.3) is 0 Å². The van der Waals surface area contributed by atoms with E-state index in [9.17, 15) is 18.4 Å². The van der Waals surface area contributed by atoms with Gasteiger partial charge in [0.15, 0.2) is 5.78 Å². The molecule has 0 aromatic heterocycles. The number of ether oxygens (including phenoxy) is 1. The largest absolute Gasteiger partial charge is 0.486 e. The number of dihydropyridines is 1. The molecule has 2 aromatic rings. The van der Waals surface area contributed by atoms with E-state index >= 15 is 0 Å². The van der Waals surface area contributed by atoms with E-state index in [0.717, 1.165) is 42.5 Å². The van der Waals surface area contributed by atoms with Crippen LogP contribution in [0.5, 0.6) is 5.75 Å². The Labute approximate surface area is 184 Å². The second-order valence-corrected chi connectivity index (χ2v) is 8.68. The number of carbonyl (C=O) groups excluding carboxylic acids is 2. The molecule has 0 bridgehead atoms. The molecule has 1 aliphatic carbocycles. The van der Waals surface area contributed by atoms with Crippen molar-refractivity contribution in [2.24, 2.45) is 4.99 Å². The molecule has 1 spiro atoms. The van der Waals surface area contributed by atoms with Crippen molar-refractivity contribution >= 4 is 17.9 Å². The predicted octanol–water partition coefficient (Wildman–Crippen LogP) is 4.99. The maximum absolute atomic E-state index is 13.8. The van der Waals surface area contributed by atoms with Gasteiger partial charge in [0.1, 0.15) is 28.5 Å². The Kier molecular flexibility index (Phi) is 4.92. The Morgan fingerprint density at radius 1 is 1.22 bits per heavy atom. The summed E-state index contributed by atoms with van der Waals surface area (Å²) in [5, 5.41) is 2.51. The number of fused-ring (bicyclic) bond motifs is 1. The summed E-state index contributed by atoms with van der Waals surface area (Å²) < 4.78 is 33.9. The van der Waals surface area contributed by atoms with Crippen LogP contribution >= 0.6 is 0 Å². The van der Waals surface area contributed by atoms with E-state index in [-0.39, 0.29) is 17.4 Å². The lowest BCUT2D eigenvalue weighted by Gasteiger charge is -2.44. The van der Waals surface area contributed by atoms with Gasteiger partial charge in [0, 0.05) is 6.21 Å². The average Bonchev–Trinajstić information content (AvgIpc) is 2.73. The molecular weight excluding hydrogens is 414 g/mol. The van der Waals surface area contributed by atoms with Crippen LogP contribution in [0.1, 0.15) is 70.0 Å².